The number of nitrogens with zero attached hydrogens (tertiary/aromatic N) is 2. The Morgan fingerprint density at radius 3 is 1.54 bits per heavy atom. The molecule has 0 fully saturated rings. The number of aryl methyl sites for hydroxylation is 4. The van der Waals surface area contributed by atoms with Crippen molar-refractivity contribution in [2.24, 2.45) is 4.99 Å². The molecule has 37 heavy (non-hydrogen) atoms. The quantitative estimate of drug-likeness (QED) is 0.332. The van der Waals surface area contributed by atoms with Crippen LogP contribution in [0.25, 0.3) is 0 Å². The van der Waals surface area contributed by atoms with E-state index in [4.69, 9.17) is 4.99 Å². The predicted molar refractivity (Wildman–Crippen MR) is 154 cm³/mol. The highest BCUT2D eigenvalue weighted by atomic mass is 32.2. The molecule has 0 radical (unpaired) electrons. The van der Waals surface area contributed by atoms with Crippen LogP contribution in [0.15, 0.2) is 102 Å². The molecule has 4 aromatic rings. The monoisotopic (exact) mass is 501 g/mol. The average molecular weight is 502 g/mol. The Balaban J connectivity index is 1.34. The molecule has 0 atom stereocenters. The van der Waals surface area contributed by atoms with E-state index in [2.05, 4.69) is 107 Å². The highest BCUT2D eigenvalue weighted by Crippen LogP contribution is 2.45. The largest absolute Gasteiger partial charge is 0.275 e. The summed E-state index contributed by atoms with van der Waals surface area (Å²) >= 11 is 1.91. The number of hydrogen-bond donors (Lipinski definition) is 1. The highest BCUT2D eigenvalue weighted by molar-refractivity contribution is 8.14. The van der Waals surface area contributed by atoms with E-state index in [-0.39, 0.29) is 11.3 Å². The van der Waals surface area contributed by atoms with Gasteiger partial charge in [0.1, 0.15) is 0 Å². The van der Waals surface area contributed by atoms with E-state index >= 15 is 0 Å². The summed E-state index contributed by atoms with van der Waals surface area (Å²) in [6.07, 6.45) is 4.31. The van der Waals surface area contributed by atoms with Gasteiger partial charge in [0, 0.05) is 6.54 Å². The van der Waals surface area contributed by atoms with E-state index in [1.165, 1.54) is 44.5 Å². The molecule has 0 amide bonds. The number of hydrazine groups is 1. The molecule has 1 heterocycles. The standard InChI is InChI=1S/C33H31N3S/c1-5-13-27-23(9-1)17-18-24-10-2-6-14-28(24)31(27)36-33(34-21-22-35-36)37-32-29-15-7-3-11-25(29)19-20-26-12-4-8-16-30(26)32/h1-16,31-32,35H,17-22H2. The molecular weight excluding hydrogens is 470 g/mol. The van der Waals surface area contributed by atoms with E-state index in [1.807, 2.05) is 11.8 Å². The molecule has 0 aromatic heterocycles. The van der Waals surface area contributed by atoms with E-state index in [1.54, 1.807) is 0 Å². The number of thioether (sulfide) groups is 1. The third-order valence-electron chi connectivity index (χ3n) is 8.03. The zero-order valence-electron chi connectivity index (χ0n) is 20.9. The van der Waals surface area contributed by atoms with Gasteiger partial charge in [-0.05, 0) is 70.2 Å². The van der Waals surface area contributed by atoms with Gasteiger partial charge in [0.15, 0.2) is 5.17 Å². The summed E-state index contributed by atoms with van der Waals surface area (Å²) in [5.41, 5.74) is 15.2. The van der Waals surface area contributed by atoms with Crippen LogP contribution in [0.4, 0.5) is 0 Å². The van der Waals surface area contributed by atoms with Crippen molar-refractivity contribution in [3.05, 3.63) is 142 Å². The third-order valence-corrected chi connectivity index (χ3v) is 9.31. The molecule has 4 aromatic carbocycles. The zero-order chi connectivity index (χ0) is 24.6. The van der Waals surface area contributed by atoms with Gasteiger partial charge in [-0.2, -0.15) is 0 Å². The second-order valence-corrected chi connectivity index (χ2v) is 11.2. The Morgan fingerprint density at radius 2 is 1.03 bits per heavy atom. The molecule has 1 aliphatic heterocycles. The fourth-order valence-corrected chi connectivity index (χ4v) is 7.61. The van der Waals surface area contributed by atoms with Crippen LogP contribution >= 0.6 is 11.8 Å². The van der Waals surface area contributed by atoms with Crippen molar-refractivity contribution in [2.45, 2.75) is 37.0 Å². The molecule has 0 bridgehead atoms. The molecule has 184 valence electrons. The van der Waals surface area contributed by atoms with Crippen LogP contribution in [-0.2, 0) is 25.7 Å². The lowest BCUT2D eigenvalue weighted by molar-refractivity contribution is 0.255. The lowest BCUT2D eigenvalue weighted by Gasteiger charge is -2.38. The summed E-state index contributed by atoms with van der Waals surface area (Å²) in [6.45, 7) is 1.65. The summed E-state index contributed by atoms with van der Waals surface area (Å²) < 4.78 is 0. The van der Waals surface area contributed by atoms with Crippen LogP contribution in [0.3, 0.4) is 0 Å². The molecule has 0 unspecified atom stereocenters. The summed E-state index contributed by atoms with van der Waals surface area (Å²) in [6, 6.07) is 36.1. The Kier molecular flexibility index (Phi) is 6.07. The average Bonchev–Trinajstić information content (AvgIpc) is 3.22. The Labute approximate surface area is 223 Å². The minimum Gasteiger partial charge on any atom is -0.275 e. The van der Waals surface area contributed by atoms with Gasteiger partial charge in [-0.3, -0.25) is 10.0 Å². The van der Waals surface area contributed by atoms with Gasteiger partial charge in [-0.25, -0.2) is 5.43 Å². The number of aliphatic imine (C=N–C) groups is 1. The number of fused-ring (bicyclic) bond motifs is 4. The van der Waals surface area contributed by atoms with Crippen LogP contribution in [-0.4, -0.2) is 23.3 Å². The van der Waals surface area contributed by atoms with Gasteiger partial charge in [0.25, 0.3) is 0 Å². The van der Waals surface area contributed by atoms with Crippen molar-refractivity contribution in [3.8, 4) is 0 Å². The fraction of sp³-hybridized carbons (Fsp3) is 0.242. The SMILES string of the molecule is c1ccc2c(c1)CCc1ccccc1C2SC1=NCCNN1C1c2ccccc2CCc2ccccc21. The lowest BCUT2D eigenvalue weighted by atomic mass is 9.94. The zero-order valence-corrected chi connectivity index (χ0v) is 21.8. The third kappa shape index (κ3) is 4.18. The molecule has 3 nitrogen and oxygen atoms in total. The second-order valence-electron chi connectivity index (χ2n) is 10.1. The smallest absolute Gasteiger partial charge is 0.175 e. The van der Waals surface area contributed by atoms with E-state index in [0.717, 1.165) is 43.9 Å². The first-order valence-electron chi connectivity index (χ1n) is 13.4. The second kappa shape index (κ2) is 9.85. The van der Waals surface area contributed by atoms with Crippen molar-refractivity contribution in [2.75, 3.05) is 13.1 Å². The molecule has 1 N–H and O–H groups in total. The first-order chi connectivity index (χ1) is 18.4. The molecule has 2 aliphatic carbocycles. The molecule has 0 saturated heterocycles. The number of amidine groups is 1. The van der Waals surface area contributed by atoms with Crippen molar-refractivity contribution < 1.29 is 0 Å². The summed E-state index contributed by atoms with van der Waals surface area (Å²) in [5.74, 6) is 0. The van der Waals surface area contributed by atoms with Gasteiger partial charge in [0.05, 0.1) is 17.8 Å². The predicted octanol–water partition coefficient (Wildman–Crippen LogP) is 6.67. The minimum atomic E-state index is 0.0951. The number of benzene rings is 4. The maximum Gasteiger partial charge on any atom is 0.175 e. The number of nitrogens with one attached hydrogen (secondary N) is 1. The van der Waals surface area contributed by atoms with E-state index in [9.17, 15) is 0 Å². The van der Waals surface area contributed by atoms with Gasteiger partial charge in [-0.1, -0.05) is 109 Å². The molecule has 0 saturated carbocycles. The topological polar surface area (TPSA) is 27.6 Å². The van der Waals surface area contributed by atoms with Gasteiger partial charge < -0.3 is 0 Å². The number of rotatable bonds is 2. The Bertz CT molecular complexity index is 1380. The Morgan fingerprint density at radius 1 is 0.595 bits per heavy atom. The normalized spacial score (nSPS) is 17.5. The fourth-order valence-electron chi connectivity index (χ4n) is 6.24. The summed E-state index contributed by atoms with van der Waals surface area (Å²) in [5, 5.41) is 3.68. The van der Waals surface area contributed by atoms with Crippen molar-refractivity contribution in [1.82, 2.24) is 10.4 Å². The van der Waals surface area contributed by atoms with Gasteiger partial charge in [0.2, 0.25) is 0 Å². The molecule has 3 aliphatic rings. The minimum absolute atomic E-state index is 0.0951. The molecular formula is C33H31N3S. The Hall–Kier alpha value is -3.34. The van der Waals surface area contributed by atoms with Crippen LogP contribution in [0.2, 0.25) is 0 Å². The van der Waals surface area contributed by atoms with Crippen molar-refractivity contribution >= 4 is 16.9 Å². The maximum atomic E-state index is 5.18. The van der Waals surface area contributed by atoms with Crippen LogP contribution < -0.4 is 5.43 Å². The molecule has 4 heteroatoms. The van der Waals surface area contributed by atoms with Crippen LogP contribution in [0, 0.1) is 0 Å². The van der Waals surface area contributed by atoms with Crippen LogP contribution in [0.5, 0.6) is 0 Å². The van der Waals surface area contributed by atoms with Gasteiger partial charge >= 0.3 is 0 Å². The lowest BCUT2D eigenvalue weighted by Crippen LogP contribution is -2.49. The first-order valence-corrected chi connectivity index (χ1v) is 14.3. The van der Waals surface area contributed by atoms with Crippen LogP contribution in [0.1, 0.15) is 55.8 Å². The molecule has 7 rings (SSSR count). The van der Waals surface area contributed by atoms with E-state index < -0.39 is 0 Å². The van der Waals surface area contributed by atoms with E-state index in [0.29, 0.717) is 0 Å². The molecule has 0 spiro atoms. The summed E-state index contributed by atoms with van der Waals surface area (Å²) in [7, 11) is 0. The van der Waals surface area contributed by atoms with Crippen molar-refractivity contribution in [1.29, 1.82) is 0 Å². The number of hydrogen-bond acceptors (Lipinski definition) is 4. The first kappa shape index (κ1) is 22.8. The maximum absolute atomic E-state index is 5.18. The van der Waals surface area contributed by atoms with Crippen molar-refractivity contribution in [3.63, 3.8) is 0 Å². The highest BCUT2D eigenvalue weighted by Gasteiger charge is 2.35. The summed E-state index contributed by atoms with van der Waals surface area (Å²) in [4.78, 5) is 5.18. The van der Waals surface area contributed by atoms with Gasteiger partial charge in [-0.15, -0.1) is 0 Å².